The maximum atomic E-state index is 12.0. The van der Waals surface area contributed by atoms with E-state index in [0.29, 0.717) is 17.8 Å². The topological polar surface area (TPSA) is 35.5 Å². The molecule has 1 heterocycles. The van der Waals surface area contributed by atoms with Gasteiger partial charge in [0.1, 0.15) is 5.76 Å². The fourth-order valence-corrected chi connectivity index (χ4v) is 7.45. The lowest BCUT2D eigenvalue weighted by Gasteiger charge is -2.57. The molecular formula is C22H31BO3. The van der Waals surface area contributed by atoms with Gasteiger partial charge < -0.3 is 9.31 Å². The van der Waals surface area contributed by atoms with Gasteiger partial charge in [0.15, 0.2) is 5.78 Å². The summed E-state index contributed by atoms with van der Waals surface area (Å²) < 4.78 is 11.7. The lowest BCUT2D eigenvalue weighted by Crippen LogP contribution is -2.49. The third kappa shape index (κ3) is 2.27. The largest absolute Gasteiger partial charge is 0.538 e. The molecule has 0 unspecified atom stereocenters. The monoisotopic (exact) mass is 354 g/mol. The first-order chi connectivity index (χ1) is 12.4. The maximum absolute atomic E-state index is 12.0. The Labute approximate surface area is 157 Å². The summed E-state index contributed by atoms with van der Waals surface area (Å²) in [5.74, 6) is 3.85. The van der Waals surface area contributed by atoms with Gasteiger partial charge in [-0.2, -0.15) is 0 Å². The van der Waals surface area contributed by atoms with E-state index in [9.17, 15) is 4.79 Å². The number of ketones is 1. The van der Waals surface area contributed by atoms with Crippen LogP contribution in [0.3, 0.4) is 0 Å². The molecule has 4 aliphatic carbocycles. The van der Waals surface area contributed by atoms with Crippen LogP contribution in [0.1, 0.15) is 65.2 Å². The quantitative estimate of drug-likeness (QED) is 0.578. The maximum Gasteiger partial charge on any atom is 0.522 e. The second kappa shape index (κ2) is 5.74. The Hall–Kier alpha value is -1.03. The number of hydrogen-bond donors (Lipinski definition) is 0. The van der Waals surface area contributed by atoms with Crippen LogP contribution in [0.15, 0.2) is 23.0 Å². The highest BCUT2D eigenvalue weighted by Gasteiger charge is 2.58. The van der Waals surface area contributed by atoms with Gasteiger partial charge in [-0.1, -0.05) is 19.4 Å². The molecule has 26 heavy (non-hydrogen) atoms. The summed E-state index contributed by atoms with van der Waals surface area (Å²) in [6.45, 7) is 7.64. The molecule has 3 nitrogen and oxygen atoms in total. The first-order valence-corrected chi connectivity index (χ1v) is 10.7. The van der Waals surface area contributed by atoms with Crippen LogP contribution >= 0.6 is 0 Å². The lowest BCUT2D eigenvalue weighted by atomic mass is 9.47. The third-order valence-electron chi connectivity index (χ3n) is 8.84. The Morgan fingerprint density at radius 3 is 2.62 bits per heavy atom. The van der Waals surface area contributed by atoms with Crippen molar-refractivity contribution < 1.29 is 14.1 Å². The molecule has 1 aliphatic heterocycles. The zero-order chi connectivity index (χ0) is 18.1. The molecular weight excluding hydrogens is 323 g/mol. The minimum absolute atomic E-state index is 0.0856. The van der Waals surface area contributed by atoms with Gasteiger partial charge in [0.25, 0.3) is 0 Å². The average molecular weight is 354 g/mol. The van der Waals surface area contributed by atoms with Crippen molar-refractivity contribution in [3.05, 3.63) is 23.0 Å². The summed E-state index contributed by atoms with van der Waals surface area (Å²) in [6, 6.07) is 0. The molecule has 0 radical (unpaired) electrons. The van der Waals surface area contributed by atoms with Crippen molar-refractivity contribution in [3.63, 3.8) is 0 Å². The van der Waals surface area contributed by atoms with Gasteiger partial charge in [-0.05, 0) is 92.0 Å². The molecule has 3 saturated carbocycles. The number of carbonyl (C=O) groups is 1. The highest BCUT2D eigenvalue weighted by atomic mass is 16.6. The molecule has 0 N–H and O–H groups in total. The summed E-state index contributed by atoms with van der Waals surface area (Å²) >= 11 is 0. The van der Waals surface area contributed by atoms with Crippen LogP contribution in [0, 0.1) is 28.6 Å². The van der Waals surface area contributed by atoms with Crippen molar-refractivity contribution >= 4 is 12.9 Å². The minimum Gasteiger partial charge on any atom is -0.538 e. The summed E-state index contributed by atoms with van der Waals surface area (Å²) in [5.41, 5.74) is 3.61. The van der Waals surface area contributed by atoms with E-state index >= 15 is 0 Å². The zero-order valence-electron chi connectivity index (χ0n) is 16.5. The minimum atomic E-state index is -0.0856. The van der Waals surface area contributed by atoms with Crippen molar-refractivity contribution in [2.45, 2.75) is 72.0 Å². The van der Waals surface area contributed by atoms with Crippen molar-refractivity contribution in [1.82, 2.24) is 0 Å². The fraction of sp³-hybridized carbons (Fsp3) is 0.773. The Balaban J connectivity index is 1.47. The van der Waals surface area contributed by atoms with Crippen LogP contribution in [-0.2, 0) is 14.1 Å². The first-order valence-electron chi connectivity index (χ1n) is 10.7. The summed E-state index contributed by atoms with van der Waals surface area (Å²) in [7, 11) is -0.0856. The number of hydrogen-bond acceptors (Lipinski definition) is 3. The molecule has 0 bridgehead atoms. The average Bonchev–Trinajstić information content (AvgIpc) is 3.18. The van der Waals surface area contributed by atoms with Crippen LogP contribution in [0.2, 0.25) is 6.82 Å². The summed E-state index contributed by atoms with van der Waals surface area (Å²) in [4.78, 5) is 12.0. The predicted molar refractivity (Wildman–Crippen MR) is 102 cm³/mol. The van der Waals surface area contributed by atoms with Crippen molar-refractivity contribution in [2.24, 2.45) is 28.6 Å². The van der Waals surface area contributed by atoms with Crippen LogP contribution in [0.5, 0.6) is 0 Å². The molecule has 0 aromatic carbocycles. The van der Waals surface area contributed by atoms with Gasteiger partial charge in [-0.15, -0.1) is 0 Å². The molecule has 0 amide bonds. The van der Waals surface area contributed by atoms with E-state index in [-0.39, 0.29) is 12.5 Å². The van der Waals surface area contributed by atoms with Crippen LogP contribution in [0.4, 0.5) is 0 Å². The van der Waals surface area contributed by atoms with Gasteiger partial charge in [-0.25, -0.2) is 0 Å². The molecule has 4 fully saturated rings. The molecule has 0 aromatic heterocycles. The third-order valence-corrected chi connectivity index (χ3v) is 8.84. The van der Waals surface area contributed by atoms with Crippen molar-refractivity contribution in [2.75, 3.05) is 6.61 Å². The number of carbonyl (C=O) groups excluding carboxylic acids is 1. The van der Waals surface area contributed by atoms with Gasteiger partial charge >= 0.3 is 7.12 Å². The normalized spacial score (nSPS) is 47.8. The Bertz CT molecular complexity index is 710. The van der Waals surface area contributed by atoms with Gasteiger partial charge in [0.05, 0.1) is 6.61 Å². The van der Waals surface area contributed by atoms with E-state index in [1.165, 1.54) is 37.7 Å². The van der Waals surface area contributed by atoms with Crippen molar-refractivity contribution in [1.29, 1.82) is 0 Å². The molecule has 5 aliphatic rings. The standard InChI is InChI=1S/C22H31BO3/c1-21-10-8-15(24)12-14(21)4-5-16-17-6-7-19(20-13-25-23(3)26-20)22(17,2)11-9-18(16)21/h12,16-18H,4-11,13H2,1-3H3/b20-19-/t16-,17-,18-,21-,22-/m0/s1. The Morgan fingerprint density at radius 2 is 1.85 bits per heavy atom. The van der Waals surface area contributed by atoms with E-state index in [0.717, 1.165) is 42.8 Å². The van der Waals surface area contributed by atoms with E-state index in [2.05, 4.69) is 13.8 Å². The molecule has 4 heteroatoms. The fourth-order valence-electron chi connectivity index (χ4n) is 7.45. The Morgan fingerprint density at radius 1 is 1.04 bits per heavy atom. The SMILES string of the molecule is CB1OC/C(=C2\CC[C@H]3[C@@H]4CCC5=CC(=O)CC[C@]5(C)[C@H]4CC[C@]23C)O1. The second-order valence-electron chi connectivity index (χ2n) is 9.86. The van der Waals surface area contributed by atoms with Gasteiger partial charge in [-0.3, -0.25) is 4.79 Å². The van der Waals surface area contributed by atoms with E-state index in [1.54, 1.807) is 5.57 Å². The summed E-state index contributed by atoms with van der Waals surface area (Å²) in [6.07, 6.45) is 11.3. The number of fused-ring (bicyclic) bond motifs is 5. The molecule has 140 valence electrons. The smallest absolute Gasteiger partial charge is 0.522 e. The predicted octanol–water partition coefficient (Wildman–Crippen LogP) is 4.94. The number of allylic oxidation sites excluding steroid dienone is 2. The van der Waals surface area contributed by atoms with E-state index in [4.69, 9.17) is 9.31 Å². The van der Waals surface area contributed by atoms with Crippen LogP contribution in [0.25, 0.3) is 0 Å². The van der Waals surface area contributed by atoms with Gasteiger partial charge in [0.2, 0.25) is 0 Å². The molecule has 0 spiro atoms. The lowest BCUT2D eigenvalue weighted by molar-refractivity contribution is -0.117. The van der Waals surface area contributed by atoms with E-state index < -0.39 is 0 Å². The summed E-state index contributed by atoms with van der Waals surface area (Å²) in [5, 5.41) is 0. The molecule has 5 rings (SSSR count). The van der Waals surface area contributed by atoms with Gasteiger partial charge in [0, 0.05) is 6.42 Å². The van der Waals surface area contributed by atoms with Crippen molar-refractivity contribution in [3.8, 4) is 0 Å². The Kier molecular flexibility index (Phi) is 3.77. The highest BCUT2D eigenvalue weighted by Crippen LogP contribution is 2.66. The second-order valence-corrected chi connectivity index (χ2v) is 9.86. The number of rotatable bonds is 0. The van der Waals surface area contributed by atoms with E-state index in [1.807, 2.05) is 12.9 Å². The van der Waals surface area contributed by atoms with Crippen LogP contribution < -0.4 is 0 Å². The molecule has 0 aromatic rings. The molecule has 1 saturated heterocycles. The molecule has 5 atom stereocenters. The van der Waals surface area contributed by atoms with Crippen LogP contribution in [-0.4, -0.2) is 19.5 Å². The highest BCUT2D eigenvalue weighted by molar-refractivity contribution is 6.43. The first kappa shape index (κ1) is 17.1. The zero-order valence-corrected chi connectivity index (χ0v) is 16.5.